The molecule has 0 bridgehead atoms. The van der Waals surface area contributed by atoms with Crippen LogP contribution in [0, 0.1) is 6.92 Å². The van der Waals surface area contributed by atoms with Crippen LogP contribution in [0.25, 0.3) is 0 Å². The molecule has 3 N–H and O–H groups in total. The molecule has 38 heavy (non-hydrogen) atoms. The molecule has 0 atom stereocenters. The Morgan fingerprint density at radius 1 is 0.921 bits per heavy atom. The fourth-order valence-corrected chi connectivity index (χ4v) is 4.75. The third-order valence-corrected chi connectivity index (χ3v) is 7.39. The second-order valence-corrected chi connectivity index (χ2v) is 10.6. The summed E-state index contributed by atoms with van der Waals surface area (Å²) in [6.45, 7) is 2.51. The quantitative estimate of drug-likeness (QED) is 0.374. The highest BCUT2D eigenvalue weighted by molar-refractivity contribution is 7.92. The lowest BCUT2D eigenvalue weighted by Gasteiger charge is -2.17. The Balaban J connectivity index is 0.000000505. The average molecular weight is 549 g/mol. The third-order valence-electron chi connectivity index (χ3n) is 5.99. The molecule has 0 radical (unpaired) electrons. The number of hydrogen-bond donors (Lipinski definition) is 3. The number of carbonyl (C=O) groups excluding carboxylic acids is 1. The molecule has 202 valence electrons. The van der Waals surface area contributed by atoms with E-state index < -0.39 is 27.6 Å². The lowest BCUT2D eigenvalue weighted by atomic mass is 9.94. The molecule has 1 saturated carbocycles. The molecule has 1 aliphatic carbocycles. The summed E-state index contributed by atoms with van der Waals surface area (Å²) in [6.07, 6.45) is -2.68. The lowest BCUT2D eigenvalue weighted by molar-refractivity contribution is -0.192. The standard InChI is InChI=1S/C25H26N2O3S.C2HF3O2/c1-19-7-13-23(14-8-19)31(29,30)27-22-11-9-21(10-12-22)25(16-17-25)24(28)26-18-15-20-5-3-2-4-6-20;3-2(4,5)1(6)7/h2-14,27H,15-18H2,1H3,(H,26,28);(H,6,7). The summed E-state index contributed by atoms with van der Waals surface area (Å²) < 4.78 is 59.5. The highest BCUT2D eigenvalue weighted by Gasteiger charge is 2.51. The summed E-state index contributed by atoms with van der Waals surface area (Å²) in [5, 5.41) is 10.2. The zero-order valence-electron chi connectivity index (χ0n) is 20.5. The minimum absolute atomic E-state index is 0.0383. The van der Waals surface area contributed by atoms with Gasteiger partial charge in [-0.15, -0.1) is 0 Å². The van der Waals surface area contributed by atoms with Gasteiger partial charge in [-0.1, -0.05) is 60.2 Å². The minimum Gasteiger partial charge on any atom is -0.475 e. The predicted octanol–water partition coefficient (Wildman–Crippen LogP) is 4.82. The number of benzene rings is 3. The number of rotatable bonds is 8. The molecule has 3 aromatic rings. The summed E-state index contributed by atoms with van der Waals surface area (Å²) in [5.41, 5.74) is 3.09. The molecular weight excluding hydrogens is 521 g/mol. The number of carboxylic acid groups (broad SMARTS) is 1. The van der Waals surface area contributed by atoms with Crippen LogP contribution in [0.3, 0.4) is 0 Å². The van der Waals surface area contributed by atoms with Crippen LogP contribution in [-0.4, -0.2) is 38.1 Å². The van der Waals surface area contributed by atoms with Crippen LogP contribution >= 0.6 is 0 Å². The first-order chi connectivity index (χ1) is 17.8. The van der Waals surface area contributed by atoms with Crippen molar-refractivity contribution >= 4 is 27.6 Å². The first kappa shape index (κ1) is 28.7. The number of hydrogen-bond acceptors (Lipinski definition) is 4. The summed E-state index contributed by atoms with van der Waals surface area (Å²) in [5.74, 6) is -2.72. The van der Waals surface area contributed by atoms with Gasteiger partial charge in [-0.25, -0.2) is 13.2 Å². The first-order valence-electron chi connectivity index (χ1n) is 11.7. The fraction of sp³-hybridized carbons (Fsp3) is 0.259. The molecule has 0 heterocycles. The van der Waals surface area contributed by atoms with Gasteiger partial charge in [-0.2, -0.15) is 13.2 Å². The zero-order valence-corrected chi connectivity index (χ0v) is 21.3. The second kappa shape index (κ2) is 11.7. The van der Waals surface area contributed by atoms with Crippen molar-refractivity contribution in [3.05, 3.63) is 95.6 Å². The van der Waals surface area contributed by atoms with Crippen LogP contribution in [0.4, 0.5) is 18.9 Å². The van der Waals surface area contributed by atoms with Gasteiger partial charge in [0.15, 0.2) is 0 Å². The molecule has 1 amide bonds. The number of aliphatic carboxylic acids is 1. The normalized spacial score (nSPS) is 14.0. The maximum absolute atomic E-state index is 12.8. The van der Waals surface area contributed by atoms with Crippen molar-refractivity contribution in [2.24, 2.45) is 0 Å². The molecule has 1 fully saturated rings. The zero-order chi connectivity index (χ0) is 28.0. The number of amides is 1. The van der Waals surface area contributed by atoms with Crippen LogP contribution in [0.2, 0.25) is 0 Å². The van der Waals surface area contributed by atoms with E-state index in [0.717, 1.165) is 30.4 Å². The molecule has 1 aliphatic rings. The van der Waals surface area contributed by atoms with Gasteiger partial charge in [0.25, 0.3) is 10.0 Å². The van der Waals surface area contributed by atoms with Gasteiger partial charge in [-0.3, -0.25) is 9.52 Å². The van der Waals surface area contributed by atoms with Gasteiger partial charge in [0.2, 0.25) is 5.91 Å². The number of aryl methyl sites for hydroxylation is 1. The van der Waals surface area contributed by atoms with Crippen LogP contribution in [-0.2, 0) is 31.4 Å². The molecule has 0 spiro atoms. The van der Waals surface area contributed by atoms with Gasteiger partial charge < -0.3 is 10.4 Å². The average Bonchev–Trinajstić information content (AvgIpc) is 3.67. The van der Waals surface area contributed by atoms with Gasteiger partial charge >= 0.3 is 12.1 Å². The van der Waals surface area contributed by atoms with E-state index in [1.165, 1.54) is 5.56 Å². The van der Waals surface area contributed by atoms with E-state index in [-0.39, 0.29) is 10.8 Å². The van der Waals surface area contributed by atoms with Gasteiger partial charge in [0.05, 0.1) is 10.3 Å². The first-order valence-corrected chi connectivity index (χ1v) is 13.1. The molecule has 0 aliphatic heterocycles. The highest BCUT2D eigenvalue weighted by atomic mass is 32.2. The van der Waals surface area contributed by atoms with Crippen molar-refractivity contribution in [2.45, 2.75) is 42.7 Å². The monoisotopic (exact) mass is 548 g/mol. The molecular formula is C27H27F3N2O5S. The topological polar surface area (TPSA) is 113 Å². The number of halogens is 3. The van der Waals surface area contributed by atoms with Crippen LogP contribution in [0.1, 0.15) is 29.5 Å². The van der Waals surface area contributed by atoms with Gasteiger partial charge in [0.1, 0.15) is 0 Å². The Labute approximate surface area is 218 Å². The summed E-state index contributed by atoms with van der Waals surface area (Å²) in [6, 6.07) is 23.9. The molecule has 7 nitrogen and oxygen atoms in total. The summed E-state index contributed by atoms with van der Waals surface area (Å²) >= 11 is 0. The van der Waals surface area contributed by atoms with E-state index in [4.69, 9.17) is 9.90 Å². The molecule has 4 rings (SSSR count). The maximum atomic E-state index is 12.8. The van der Waals surface area contributed by atoms with Crippen molar-refractivity contribution < 1.29 is 36.3 Å². The molecule has 0 saturated heterocycles. The Kier molecular flexibility index (Phi) is 8.82. The minimum atomic E-state index is -5.08. The van der Waals surface area contributed by atoms with E-state index in [2.05, 4.69) is 22.2 Å². The van der Waals surface area contributed by atoms with Crippen LogP contribution < -0.4 is 10.0 Å². The SMILES string of the molecule is Cc1ccc(S(=O)(=O)Nc2ccc(C3(C(=O)NCCc4ccccc4)CC3)cc2)cc1.O=C(O)C(F)(F)F. The fourth-order valence-electron chi connectivity index (χ4n) is 3.69. The highest BCUT2D eigenvalue weighted by Crippen LogP contribution is 2.48. The smallest absolute Gasteiger partial charge is 0.475 e. The maximum Gasteiger partial charge on any atom is 0.490 e. The Morgan fingerprint density at radius 2 is 1.47 bits per heavy atom. The number of alkyl halides is 3. The van der Waals surface area contributed by atoms with E-state index in [0.29, 0.717) is 12.2 Å². The van der Waals surface area contributed by atoms with Crippen molar-refractivity contribution in [3.8, 4) is 0 Å². The molecule has 0 aromatic heterocycles. The number of carboxylic acids is 1. The van der Waals surface area contributed by atoms with Crippen molar-refractivity contribution in [3.63, 3.8) is 0 Å². The Morgan fingerprint density at radius 3 is 1.97 bits per heavy atom. The van der Waals surface area contributed by atoms with E-state index in [1.807, 2.05) is 37.3 Å². The van der Waals surface area contributed by atoms with Gasteiger partial charge in [0, 0.05) is 12.2 Å². The van der Waals surface area contributed by atoms with E-state index >= 15 is 0 Å². The molecule has 11 heteroatoms. The van der Waals surface area contributed by atoms with Crippen molar-refractivity contribution in [1.82, 2.24) is 5.32 Å². The summed E-state index contributed by atoms with van der Waals surface area (Å²) in [4.78, 5) is 21.9. The lowest BCUT2D eigenvalue weighted by Crippen LogP contribution is -2.35. The second-order valence-electron chi connectivity index (χ2n) is 8.87. The molecule has 0 unspecified atom stereocenters. The molecule has 3 aromatic carbocycles. The van der Waals surface area contributed by atoms with Crippen molar-refractivity contribution in [2.75, 3.05) is 11.3 Å². The number of carbonyl (C=O) groups is 2. The van der Waals surface area contributed by atoms with Crippen molar-refractivity contribution in [1.29, 1.82) is 0 Å². The number of nitrogens with one attached hydrogen (secondary N) is 2. The largest absolute Gasteiger partial charge is 0.490 e. The van der Waals surface area contributed by atoms with Crippen LogP contribution in [0.15, 0.2) is 83.8 Å². The summed E-state index contributed by atoms with van der Waals surface area (Å²) in [7, 11) is -3.65. The number of sulfonamides is 1. The van der Waals surface area contributed by atoms with E-state index in [1.54, 1.807) is 36.4 Å². The predicted molar refractivity (Wildman–Crippen MR) is 136 cm³/mol. The Hall–Kier alpha value is -3.86. The number of anilines is 1. The van der Waals surface area contributed by atoms with Crippen LogP contribution in [0.5, 0.6) is 0 Å². The van der Waals surface area contributed by atoms with Gasteiger partial charge in [-0.05, 0) is 61.6 Å². The van der Waals surface area contributed by atoms with E-state index in [9.17, 15) is 26.4 Å². The third kappa shape index (κ3) is 7.58. The Bertz CT molecular complexity index is 1350.